The molecule has 3 unspecified atom stereocenters. The van der Waals surface area contributed by atoms with Crippen LogP contribution in [0.1, 0.15) is 265 Å². The van der Waals surface area contributed by atoms with Crippen LogP contribution in [-0.4, -0.2) is 46.9 Å². The number of esters is 1. The highest BCUT2D eigenvalue weighted by molar-refractivity contribution is 5.77. The SMILES string of the molecule is CCCC/C=C\CCCCCCCC(=O)OC(CCCCCC/C=C/C=C/CCCCC)CC(=O)NC(CO)C(O)CCCCCCCCCCCCCCCCCC. The maximum atomic E-state index is 13.2. The number of rotatable bonds is 46. The third kappa shape index (κ3) is 42.6. The Morgan fingerprint density at radius 3 is 1.39 bits per heavy atom. The highest BCUT2D eigenvalue weighted by Gasteiger charge is 2.24. The van der Waals surface area contributed by atoms with E-state index in [4.69, 9.17) is 4.74 Å². The predicted octanol–water partition coefficient (Wildman–Crippen LogP) is 15.3. The lowest BCUT2D eigenvalue weighted by Gasteiger charge is -2.24. The zero-order chi connectivity index (χ0) is 43.1. The molecule has 6 nitrogen and oxygen atoms in total. The molecular weight excluding hydrogens is 731 g/mol. The van der Waals surface area contributed by atoms with Crippen molar-refractivity contribution in [1.29, 1.82) is 0 Å². The number of aliphatic hydroxyl groups is 2. The van der Waals surface area contributed by atoms with Crippen LogP contribution < -0.4 is 5.32 Å². The summed E-state index contributed by atoms with van der Waals surface area (Å²) in [7, 11) is 0. The van der Waals surface area contributed by atoms with Crippen LogP contribution in [0.15, 0.2) is 36.5 Å². The zero-order valence-electron chi connectivity index (χ0n) is 39.4. The number of hydrogen-bond donors (Lipinski definition) is 3. The number of ether oxygens (including phenoxy) is 1. The molecule has 3 N–H and O–H groups in total. The summed E-state index contributed by atoms with van der Waals surface area (Å²) in [6.45, 7) is 6.42. The van der Waals surface area contributed by atoms with E-state index >= 15 is 0 Å². The minimum absolute atomic E-state index is 0.0626. The molecule has 0 aromatic rings. The number of unbranched alkanes of at least 4 members (excludes halogenated alkanes) is 29. The Labute approximate surface area is 366 Å². The van der Waals surface area contributed by atoms with Gasteiger partial charge in [0.05, 0.1) is 25.2 Å². The van der Waals surface area contributed by atoms with Crippen molar-refractivity contribution in [3.05, 3.63) is 36.5 Å². The lowest BCUT2D eigenvalue weighted by Crippen LogP contribution is -2.46. The maximum absolute atomic E-state index is 13.2. The number of aliphatic hydroxyl groups excluding tert-OH is 2. The van der Waals surface area contributed by atoms with Gasteiger partial charge in [0.15, 0.2) is 0 Å². The molecule has 0 radical (unpaired) electrons. The quantitative estimate of drug-likeness (QED) is 0.0246. The Morgan fingerprint density at radius 1 is 0.492 bits per heavy atom. The molecular formula is C53H99NO5. The maximum Gasteiger partial charge on any atom is 0.306 e. The molecule has 0 saturated carbocycles. The highest BCUT2D eigenvalue weighted by Crippen LogP contribution is 2.18. The summed E-state index contributed by atoms with van der Waals surface area (Å²) >= 11 is 0. The summed E-state index contributed by atoms with van der Waals surface area (Å²) in [6.07, 6.45) is 54.9. The number of allylic oxidation sites excluding steroid dienone is 6. The second-order valence-electron chi connectivity index (χ2n) is 17.6. The summed E-state index contributed by atoms with van der Waals surface area (Å²) in [5.41, 5.74) is 0. The van der Waals surface area contributed by atoms with E-state index in [1.165, 1.54) is 135 Å². The average molecular weight is 830 g/mol. The van der Waals surface area contributed by atoms with Gasteiger partial charge >= 0.3 is 5.97 Å². The van der Waals surface area contributed by atoms with Crippen molar-refractivity contribution in [2.45, 2.75) is 283 Å². The van der Waals surface area contributed by atoms with Crippen molar-refractivity contribution in [3.63, 3.8) is 0 Å². The van der Waals surface area contributed by atoms with Gasteiger partial charge < -0.3 is 20.3 Å². The van der Waals surface area contributed by atoms with Gasteiger partial charge in [-0.25, -0.2) is 0 Å². The van der Waals surface area contributed by atoms with E-state index in [1.54, 1.807) is 0 Å². The van der Waals surface area contributed by atoms with Crippen molar-refractivity contribution in [2.24, 2.45) is 0 Å². The normalized spacial score (nSPS) is 13.5. The Hall–Kier alpha value is -1.92. The minimum Gasteiger partial charge on any atom is -0.462 e. The fourth-order valence-corrected chi connectivity index (χ4v) is 7.76. The molecule has 0 aromatic heterocycles. The summed E-state index contributed by atoms with van der Waals surface area (Å²) in [6, 6.07) is -0.707. The van der Waals surface area contributed by atoms with Crippen molar-refractivity contribution in [1.82, 2.24) is 5.32 Å². The second-order valence-corrected chi connectivity index (χ2v) is 17.6. The van der Waals surface area contributed by atoms with Crippen LogP contribution in [0.3, 0.4) is 0 Å². The zero-order valence-corrected chi connectivity index (χ0v) is 39.4. The van der Waals surface area contributed by atoms with Crippen LogP contribution in [0.2, 0.25) is 0 Å². The molecule has 0 rings (SSSR count). The Kier molecular flexibility index (Phi) is 45.6. The monoisotopic (exact) mass is 830 g/mol. The van der Waals surface area contributed by atoms with Crippen LogP contribution in [0.4, 0.5) is 0 Å². The molecule has 1 amide bonds. The van der Waals surface area contributed by atoms with E-state index in [0.29, 0.717) is 19.3 Å². The Bertz CT molecular complexity index is 977. The van der Waals surface area contributed by atoms with E-state index in [-0.39, 0.29) is 24.9 Å². The summed E-state index contributed by atoms with van der Waals surface area (Å²) in [5, 5.41) is 23.8. The lowest BCUT2D eigenvalue weighted by molar-refractivity contribution is -0.151. The molecule has 3 atom stereocenters. The van der Waals surface area contributed by atoms with E-state index in [2.05, 4.69) is 62.5 Å². The van der Waals surface area contributed by atoms with Gasteiger partial charge in [-0.05, 0) is 70.6 Å². The Morgan fingerprint density at radius 2 is 0.881 bits per heavy atom. The fraction of sp³-hybridized carbons (Fsp3) is 0.849. The average Bonchev–Trinajstić information content (AvgIpc) is 3.23. The first-order chi connectivity index (χ1) is 29.0. The van der Waals surface area contributed by atoms with Gasteiger partial charge in [-0.3, -0.25) is 9.59 Å². The number of nitrogens with one attached hydrogen (secondary N) is 1. The van der Waals surface area contributed by atoms with Gasteiger partial charge in [0, 0.05) is 6.42 Å². The first kappa shape index (κ1) is 57.1. The molecule has 0 saturated heterocycles. The smallest absolute Gasteiger partial charge is 0.306 e. The lowest BCUT2D eigenvalue weighted by atomic mass is 10.0. The summed E-state index contributed by atoms with van der Waals surface area (Å²) in [5.74, 6) is -0.499. The minimum atomic E-state index is -0.792. The molecule has 0 aliphatic heterocycles. The predicted molar refractivity (Wildman–Crippen MR) is 255 cm³/mol. The van der Waals surface area contributed by atoms with Crippen LogP contribution in [0.25, 0.3) is 0 Å². The van der Waals surface area contributed by atoms with E-state index < -0.39 is 18.2 Å². The van der Waals surface area contributed by atoms with Gasteiger partial charge in [-0.1, -0.05) is 218 Å². The molecule has 0 fully saturated rings. The van der Waals surface area contributed by atoms with Crippen LogP contribution in [0, 0.1) is 0 Å². The molecule has 0 aliphatic rings. The van der Waals surface area contributed by atoms with Crippen molar-refractivity contribution in [2.75, 3.05) is 6.61 Å². The summed E-state index contributed by atoms with van der Waals surface area (Å²) < 4.78 is 5.91. The largest absolute Gasteiger partial charge is 0.462 e. The number of amides is 1. The third-order valence-electron chi connectivity index (χ3n) is 11.7. The first-order valence-corrected chi connectivity index (χ1v) is 25.7. The topological polar surface area (TPSA) is 95.9 Å². The molecule has 0 aliphatic carbocycles. The van der Waals surface area contributed by atoms with Crippen molar-refractivity contribution < 1.29 is 24.5 Å². The molecule has 346 valence electrons. The van der Waals surface area contributed by atoms with Gasteiger partial charge in [0.1, 0.15) is 6.10 Å². The number of carbonyl (C=O) groups is 2. The second kappa shape index (κ2) is 47.1. The highest BCUT2D eigenvalue weighted by atomic mass is 16.5. The number of hydrogen-bond acceptors (Lipinski definition) is 5. The van der Waals surface area contributed by atoms with Crippen LogP contribution in [0.5, 0.6) is 0 Å². The van der Waals surface area contributed by atoms with E-state index in [9.17, 15) is 19.8 Å². The standard InChI is InChI=1S/C53H99NO5/c1-4-7-10-13-16-19-22-24-25-26-28-31-33-36-39-42-45-51(56)50(48-55)54-52(57)47-49(44-41-38-35-32-30-27-23-20-17-14-11-8-5-2)59-53(58)46-43-40-37-34-29-21-18-15-12-9-6-3/h15,17-18,20,23,27,49-51,55-56H,4-14,16,19,21-22,24-26,28-48H2,1-3H3,(H,54,57)/b18-15-,20-17+,27-23+. The summed E-state index contributed by atoms with van der Waals surface area (Å²) in [4.78, 5) is 26.1. The van der Waals surface area contributed by atoms with Gasteiger partial charge in [-0.15, -0.1) is 0 Å². The van der Waals surface area contributed by atoms with Gasteiger partial charge in [0.2, 0.25) is 5.91 Å². The van der Waals surface area contributed by atoms with E-state index in [1.807, 2.05) is 0 Å². The molecule has 0 bridgehead atoms. The fourth-order valence-electron chi connectivity index (χ4n) is 7.76. The van der Waals surface area contributed by atoms with Crippen molar-refractivity contribution >= 4 is 11.9 Å². The Balaban J connectivity index is 4.54. The van der Waals surface area contributed by atoms with E-state index in [0.717, 1.165) is 83.5 Å². The van der Waals surface area contributed by atoms with Crippen LogP contribution >= 0.6 is 0 Å². The third-order valence-corrected chi connectivity index (χ3v) is 11.7. The molecule has 0 heterocycles. The van der Waals surface area contributed by atoms with Crippen LogP contribution in [-0.2, 0) is 14.3 Å². The molecule has 59 heavy (non-hydrogen) atoms. The number of carbonyl (C=O) groups excluding carboxylic acids is 2. The first-order valence-electron chi connectivity index (χ1n) is 25.7. The molecule has 0 aromatic carbocycles. The van der Waals surface area contributed by atoms with Crippen molar-refractivity contribution in [3.8, 4) is 0 Å². The van der Waals surface area contributed by atoms with Gasteiger partial charge in [0.25, 0.3) is 0 Å². The molecule has 0 spiro atoms. The molecule has 6 heteroatoms. The van der Waals surface area contributed by atoms with Gasteiger partial charge in [-0.2, -0.15) is 0 Å².